The van der Waals surface area contributed by atoms with E-state index in [-0.39, 0.29) is 23.3 Å². The topological polar surface area (TPSA) is 59.0 Å². The SMILES string of the molecule is COC(=O)c1ccc(C(C)N2C(=O)C(c3cccc(Br)c3)=NC23CCC(C(C)(C)C)CC3)cc1. The van der Waals surface area contributed by atoms with Crippen molar-refractivity contribution in [3.63, 3.8) is 0 Å². The number of hydrogen-bond donors (Lipinski definition) is 0. The lowest BCUT2D eigenvalue weighted by molar-refractivity contribution is -0.132. The van der Waals surface area contributed by atoms with Crippen molar-refractivity contribution in [3.8, 4) is 0 Å². The van der Waals surface area contributed by atoms with Gasteiger partial charge in [0.05, 0.1) is 18.7 Å². The molecule has 0 saturated heterocycles. The number of carbonyl (C=O) groups is 2. The van der Waals surface area contributed by atoms with Gasteiger partial charge >= 0.3 is 5.97 Å². The van der Waals surface area contributed by atoms with Crippen LogP contribution in [0, 0.1) is 11.3 Å². The Kier molecular flexibility index (Phi) is 6.74. The molecule has 2 aromatic rings. The molecule has 1 amide bonds. The van der Waals surface area contributed by atoms with E-state index in [1.807, 2.05) is 41.3 Å². The number of esters is 1. The van der Waals surface area contributed by atoms with Crippen LogP contribution < -0.4 is 0 Å². The van der Waals surface area contributed by atoms with E-state index in [0.717, 1.165) is 41.3 Å². The van der Waals surface area contributed by atoms with E-state index in [9.17, 15) is 9.59 Å². The fourth-order valence-electron chi connectivity index (χ4n) is 5.44. The Morgan fingerprint density at radius 1 is 1.15 bits per heavy atom. The maximum Gasteiger partial charge on any atom is 0.337 e. The fraction of sp³-hybridized carbons (Fsp3) is 0.464. The second-order valence-corrected chi connectivity index (χ2v) is 11.5. The lowest BCUT2D eigenvalue weighted by Gasteiger charge is -2.46. The van der Waals surface area contributed by atoms with E-state index in [1.165, 1.54) is 7.11 Å². The van der Waals surface area contributed by atoms with Crippen molar-refractivity contribution in [2.75, 3.05) is 7.11 Å². The number of methoxy groups -OCH3 is 1. The van der Waals surface area contributed by atoms with Gasteiger partial charge in [0, 0.05) is 10.0 Å². The highest BCUT2D eigenvalue weighted by Gasteiger charge is 2.51. The number of amides is 1. The molecule has 2 aliphatic rings. The van der Waals surface area contributed by atoms with Gasteiger partial charge in [0.2, 0.25) is 0 Å². The average molecular weight is 525 g/mol. The molecule has 1 spiro atoms. The third kappa shape index (κ3) is 4.57. The van der Waals surface area contributed by atoms with E-state index in [1.54, 1.807) is 12.1 Å². The second-order valence-electron chi connectivity index (χ2n) is 10.6. The molecular formula is C28H33BrN2O3. The van der Waals surface area contributed by atoms with Crippen molar-refractivity contribution in [1.29, 1.82) is 0 Å². The number of aliphatic imine (C=N–C) groups is 1. The first-order valence-electron chi connectivity index (χ1n) is 11.9. The summed E-state index contributed by atoms with van der Waals surface area (Å²) in [7, 11) is 1.38. The minimum atomic E-state index is -0.545. The number of carbonyl (C=O) groups excluding carboxylic acids is 2. The first-order chi connectivity index (χ1) is 16.1. The summed E-state index contributed by atoms with van der Waals surface area (Å²) in [6.07, 6.45) is 3.78. The lowest BCUT2D eigenvalue weighted by atomic mass is 9.69. The summed E-state index contributed by atoms with van der Waals surface area (Å²) in [5.41, 5.74) is 2.54. The molecule has 1 atom stereocenters. The summed E-state index contributed by atoms with van der Waals surface area (Å²) in [6, 6.07) is 15.0. The predicted molar refractivity (Wildman–Crippen MR) is 138 cm³/mol. The van der Waals surface area contributed by atoms with Gasteiger partial charge < -0.3 is 9.64 Å². The normalized spacial score (nSPS) is 23.7. The molecule has 4 rings (SSSR count). The van der Waals surface area contributed by atoms with Gasteiger partial charge in [-0.05, 0) is 73.8 Å². The fourth-order valence-corrected chi connectivity index (χ4v) is 5.84. The highest BCUT2D eigenvalue weighted by atomic mass is 79.9. The zero-order valence-electron chi connectivity index (χ0n) is 20.6. The van der Waals surface area contributed by atoms with Gasteiger partial charge in [-0.25, -0.2) is 4.79 Å². The monoisotopic (exact) mass is 524 g/mol. The van der Waals surface area contributed by atoms with Crippen molar-refractivity contribution in [3.05, 3.63) is 69.7 Å². The van der Waals surface area contributed by atoms with Crippen molar-refractivity contribution >= 4 is 33.5 Å². The first kappa shape index (κ1) is 24.6. The van der Waals surface area contributed by atoms with Gasteiger partial charge in [-0.3, -0.25) is 9.79 Å². The number of hydrogen-bond acceptors (Lipinski definition) is 4. The van der Waals surface area contributed by atoms with E-state index in [4.69, 9.17) is 9.73 Å². The van der Waals surface area contributed by atoms with Crippen molar-refractivity contribution in [2.45, 2.75) is 65.1 Å². The third-order valence-corrected chi connectivity index (χ3v) is 7.99. The minimum absolute atomic E-state index is 0.0307. The molecule has 0 radical (unpaired) electrons. The highest BCUT2D eigenvalue weighted by Crippen LogP contribution is 2.49. The lowest BCUT2D eigenvalue weighted by Crippen LogP contribution is -2.50. The van der Waals surface area contributed by atoms with Gasteiger partial charge in [0.15, 0.2) is 0 Å². The summed E-state index contributed by atoms with van der Waals surface area (Å²) in [5.74, 6) is 0.209. The Balaban J connectivity index is 1.71. The van der Waals surface area contributed by atoms with E-state index in [2.05, 4.69) is 43.6 Å². The maximum absolute atomic E-state index is 13.9. The van der Waals surface area contributed by atoms with Crippen LogP contribution in [-0.4, -0.2) is 35.3 Å². The molecule has 180 valence electrons. The minimum Gasteiger partial charge on any atom is -0.465 e. The highest BCUT2D eigenvalue weighted by molar-refractivity contribution is 9.10. The van der Waals surface area contributed by atoms with Crippen LogP contribution in [0.15, 0.2) is 58.0 Å². The van der Waals surface area contributed by atoms with Crippen LogP contribution in [0.2, 0.25) is 0 Å². The molecule has 1 heterocycles. The number of benzene rings is 2. The van der Waals surface area contributed by atoms with Crippen LogP contribution in [0.5, 0.6) is 0 Å². The maximum atomic E-state index is 13.9. The largest absolute Gasteiger partial charge is 0.465 e. The Bertz CT molecular complexity index is 1110. The van der Waals surface area contributed by atoms with Crippen molar-refractivity contribution in [2.24, 2.45) is 16.3 Å². The first-order valence-corrected chi connectivity index (χ1v) is 12.7. The van der Waals surface area contributed by atoms with Gasteiger partial charge in [0.1, 0.15) is 11.4 Å². The average Bonchev–Trinajstić information content (AvgIpc) is 3.09. The summed E-state index contributed by atoms with van der Waals surface area (Å²) in [5, 5.41) is 0. The Morgan fingerprint density at radius 2 is 1.79 bits per heavy atom. The standard InChI is InChI=1S/C28H33BrN2O3/c1-18(19-9-11-20(12-10-19)26(33)34-5)31-25(32)24(21-7-6-8-23(29)17-21)30-28(31)15-13-22(14-16-28)27(2,3)4/h6-12,17-18,22H,13-16H2,1-5H3. The van der Waals surface area contributed by atoms with E-state index >= 15 is 0 Å². The summed E-state index contributed by atoms with van der Waals surface area (Å²) in [4.78, 5) is 33.0. The van der Waals surface area contributed by atoms with Crippen LogP contribution >= 0.6 is 15.9 Å². The van der Waals surface area contributed by atoms with Crippen LogP contribution in [0.25, 0.3) is 0 Å². The Hall–Kier alpha value is -2.47. The van der Waals surface area contributed by atoms with Crippen molar-refractivity contribution in [1.82, 2.24) is 4.90 Å². The zero-order chi connectivity index (χ0) is 24.7. The van der Waals surface area contributed by atoms with Gasteiger partial charge in [0.25, 0.3) is 5.91 Å². The van der Waals surface area contributed by atoms with Crippen LogP contribution in [0.4, 0.5) is 0 Å². The van der Waals surface area contributed by atoms with Crippen LogP contribution in [0.1, 0.15) is 80.9 Å². The molecule has 1 aliphatic carbocycles. The number of ether oxygens (including phenoxy) is 1. The molecule has 5 nitrogen and oxygen atoms in total. The zero-order valence-corrected chi connectivity index (χ0v) is 22.2. The molecule has 0 aromatic heterocycles. The number of halogens is 1. The summed E-state index contributed by atoms with van der Waals surface area (Å²) >= 11 is 3.53. The molecule has 34 heavy (non-hydrogen) atoms. The molecular weight excluding hydrogens is 492 g/mol. The second kappa shape index (κ2) is 9.29. The third-order valence-electron chi connectivity index (χ3n) is 7.50. The van der Waals surface area contributed by atoms with Gasteiger partial charge in [-0.1, -0.05) is 61.0 Å². The summed E-state index contributed by atoms with van der Waals surface area (Å²) < 4.78 is 5.75. The quantitative estimate of drug-likeness (QED) is 0.425. The number of rotatable bonds is 4. The van der Waals surface area contributed by atoms with Crippen LogP contribution in [0.3, 0.4) is 0 Å². The van der Waals surface area contributed by atoms with Crippen LogP contribution in [-0.2, 0) is 9.53 Å². The molecule has 1 aliphatic heterocycles. The van der Waals surface area contributed by atoms with Crippen molar-refractivity contribution < 1.29 is 14.3 Å². The molecule has 2 aromatic carbocycles. The van der Waals surface area contributed by atoms with Gasteiger partial charge in [-0.15, -0.1) is 0 Å². The van der Waals surface area contributed by atoms with E-state index in [0.29, 0.717) is 17.2 Å². The predicted octanol–water partition coefficient (Wildman–Crippen LogP) is 6.56. The summed E-state index contributed by atoms with van der Waals surface area (Å²) in [6.45, 7) is 8.96. The molecule has 1 saturated carbocycles. The molecule has 1 fully saturated rings. The smallest absolute Gasteiger partial charge is 0.337 e. The molecule has 6 heteroatoms. The molecule has 0 N–H and O–H groups in total. The van der Waals surface area contributed by atoms with Gasteiger partial charge in [-0.2, -0.15) is 0 Å². The molecule has 1 unspecified atom stereocenters. The Morgan fingerprint density at radius 3 is 2.35 bits per heavy atom. The number of nitrogens with zero attached hydrogens (tertiary/aromatic N) is 2. The molecule has 0 bridgehead atoms. The Labute approximate surface area is 210 Å². The van der Waals surface area contributed by atoms with E-state index < -0.39 is 5.66 Å².